The van der Waals surface area contributed by atoms with Crippen molar-refractivity contribution in [3.8, 4) is 5.75 Å². The second-order valence-corrected chi connectivity index (χ2v) is 4.64. The summed E-state index contributed by atoms with van der Waals surface area (Å²) in [7, 11) is 1.53. The van der Waals surface area contributed by atoms with Crippen LogP contribution in [0.3, 0.4) is 0 Å². The largest absolute Gasteiger partial charge is 0.495 e. The van der Waals surface area contributed by atoms with Gasteiger partial charge in [-0.25, -0.2) is 4.79 Å². The van der Waals surface area contributed by atoms with Gasteiger partial charge in [0.05, 0.1) is 25.0 Å². The molecule has 0 saturated heterocycles. The highest BCUT2D eigenvalue weighted by Gasteiger charge is 2.19. The van der Waals surface area contributed by atoms with Crippen LogP contribution in [0.4, 0.5) is 5.69 Å². The lowest BCUT2D eigenvalue weighted by Gasteiger charge is -2.24. The molecule has 0 bridgehead atoms. The summed E-state index contributed by atoms with van der Waals surface area (Å²) in [4.78, 5) is 11.9. The first kappa shape index (κ1) is 12.7. The number of nitrogens with two attached hydrogens (primary N) is 1. The Morgan fingerprint density at radius 2 is 2.22 bits per heavy atom. The number of rotatable bonds is 5. The molecule has 0 radical (unpaired) electrons. The number of carbonyl (C=O) groups is 1. The molecule has 98 valence electrons. The molecule has 0 amide bonds. The zero-order valence-corrected chi connectivity index (χ0v) is 10.6. The number of ether oxygens (including phenoxy) is 2. The van der Waals surface area contributed by atoms with Crippen LogP contribution in [0, 0.1) is 5.92 Å². The molecule has 0 atom stereocenters. The maximum absolute atomic E-state index is 11.9. The minimum Gasteiger partial charge on any atom is -0.495 e. The molecule has 1 fully saturated rings. The van der Waals surface area contributed by atoms with Gasteiger partial charge in [-0.3, -0.25) is 0 Å². The average molecular weight is 249 g/mol. The molecule has 0 aliphatic heterocycles. The molecule has 2 N–H and O–H groups in total. The van der Waals surface area contributed by atoms with Gasteiger partial charge >= 0.3 is 5.97 Å². The molecule has 1 aliphatic rings. The molecule has 0 heterocycles. The third-order valence-electron chi connectivity index (χ3n) is 3.49. The van der Waals surface area contributed by atoms with E-state index in [0.717, 1.165) is 12.3 Å². The maximum Gasteiger partial charge on any atom is 0.340 e. The molecule has 0 unspecified atom stereocenters. The molecule has 1 aromatic carbocycles. The zero-order chi connectivity index (χ0) is 13.0. The van der Waals surface area contributed by atoms with Crippen LogP contribution in [0.25, 0.3) is 0 Å². The maximum atomic E-state index is 11.9. The first-order valence-corrected chi connectivity index (χ1v) is 6.32. The van der Waals surface area contributed by atoms with Crippen LogP contribution in [0.15, 0.2) is 18.2 Å². The minimum absolute atomic E-state index is 0.341. The number of hydrogen-bond acceptors (Lipinski definition) is 4. The van der Waals surface area contributed by atoms with E-state index in [2.05, 4.69) is 0 Å². The van der Waals surface area contributed by atoms with Gasteiger partial charge in [-0.15, -0.1) is 0 Å². The van der Waals surface area contributed by atoms with Crippen LogP contribution in [0.5, 0.6) is 5.75 Å². The number of methoxy groups -OCH3 is 1. The molecular weight excluding hydrogens is 230 g/mol. The summed E-state index contributed by atoms with van der Waals surface area (Å²) >= 11 is 0. The molecule has 0 spiro atoms. The summed E-state index contributed by atoms with van der Waals surface area (Å²) in [6, 6.07) is 5.11. The van der Waals surface area contributed by atoms with Crippen LogP contribution in [0.2, 0.25) is 0 Å². The fourth-order valence-electron chi connectivity index (χ4n) is 2.08. The van der Waals surface area contributed by atoms with Crippen molar-refractivity contribution in [2.75, 3.05) is 19.5 Å². The standard InChI is InChI=1S/C14H19NO3/c1-17-12-7-3-6-11(13(12)15)14(16)18-9-8-10-4-2-5-10/h3,6-7,10H,2,4-5,8-9,15H2,1H3. The molecule has 1 aliphatic carbocycles. The predicted octanol–water partition coefficient (Wildman–Crippen LogP) is 2.62. The molecule has 4 heteroatoms. The molecular formula is C14H19NO3. The van der Waals surface area contributed by atoms with Crippen LogP contribution in [0.1, 0.15) is 36.0 Å². The number of para-hydroxylation sites is 1. The minimum atomic E-state index is -0.370. The lowest BCUT2D eigenvalue weighted by atomic mass is 9.83. The molecule has 4 nitrogen and oxygen atoms in total. The predicted molar refractivity (Wildman–Crippen MR) is 69.6 cm³/mol. The van der Waals surface area contributed by atoms with Gasteiger partial charge in [-0.2, -0.15) is 0 Å². The topological polar surface area (TPSA) is 61.5 Å². The second kappa shape index (κ2) is 5.76. The van der Waals surface area contributed by atoms with Crippen molar-refractivity contribution in [3.05, 3.63) is 23.8 Å². The van der Waals surface area contributed by atoms with Crippen molar-refractivity contribution in [1.82, 2.24) is 0 Å². The van der Waals surface area contributed by atoms with E-state index in [0.29, 0.717) is 23.6 Å². The van der Waals surface area contributed by atoms with Crippen molar-refractivity contribution >= 4 is 11.7 Å². The van der Waals surface area contributed by atoms with Crippen LogP contribution < -0.4 is 10.5 Å². The smallest absolute Gasteiger partial charge is 0.340 e. The molecule has 18 heavy (non-hydrogen) atoms. The Morgan fingerprint density at radius 3 is 2.83 bits per heavy atom. The number of benzene rings is 1. The summed E-state index contributed by atoms with van der Waals surface area (Å²) < 4.78 is 10.3. The van der Waals surface area contributed by atoms with E-state index in [1.807, 2.05) is 0 Å². The fraction of sp³-hybridized carbons (Fsp3) is 0.500. The van der Waals surface area contributed by atoms with Gasteiger partial charge in [-0.1, -0.05) is 25.3 Å². The van der Waals surface area contributed by atoms with Crippen LogP contribution in [-0.4, -0.2) is 19.7 Å². The van der Waals surface area contributed by atoms with Gasteiger partial charge in [-0.05, 0) is 24.5 Å². The fourth-order valence-corrected chi connectivity index (χ4v) is 2.08. The first-order chi connectivity index (χ1) is 8.72. The summed E-state index contributed by atoms with van der Waals surface area (Å²) in [5.41, 5.74) is 6.56. The van der Waals surface area contributed by atoms with Gasteiger partial charge in [0.15, 0.2) is 0 Å². The highest BCUT2D eigenvalue weighted by Crippen LogP contribution is 2.29. The molecule has 1 aromatic rings. The van der Waals surface area contributed by atoms with Gasteiger partial charge in [0.2, 0.25) is 0 Å². The Morgan fingerprint density at radius 1 is 1.44 bits per heavy atom. The molecule has 0 aromatic heterocycles. The Hall–Kier alpha value is -1.71. The molecule has 2 rings (SSSR count). The monoisotopic (exact) mass is 249 g/mol. The highest BCUT2D eigenvalue weighted by molar-refractivity contribution is 5.96. The summed E-state index contributed by atoms with van der Waals surface area (Å²) in [6.45, 7) is 0.472. The third-order valence-corrected chi connectivity index (χ3v) is 3.49. The van der Waals surface area contributed by atoms with Crippen molar-refractivity contribution in [2.45, 2.75) is 25.7 Å². The Balaban J connectivity index is 1.91. The normalized spacial score (nSPS) is 14.9. The van der Waals surface area contributed by atoms with Crippen molar-refractivity contribution in [3.63, 3.8) is 0 Å². The van der Waals surface area contributed by atoms with Gasteiger partial charge in [0.1, 0.15) is 5.75 Å². The zero-order valence-electron chi connectivity index (χ0n) is 10.6. The summed E-state index contributed by atoms with van der Waals surface area (Å²) in [5.74, 6) is 0.870. The van der Waals surface area contributed by atoms with E-state index in [4.69, 9.17) is 15.2 Å². The van der Waals surface area contributed by atoms with E-state index in [9.17, 15) is 4.79 Å². The van der Waals surface area contributed by atoms with E-state index < -0.39 is 0 Å². The SMILES string of the molecule is COc1cccc(C(=O)OCCC2CCC2)c1N. The Bertz CT molecular complexity index is 427. The number of hydrogen-bond donors (Lipinski definition) is 1. The number of anilines is 1. The van der Waals surface area contributed by atoms with E-state index in [-0.39, 0.29) is 5.97 Å². The number of esters is 1. The average Bonchev–Trinajstić information content (AvgIpc) is 2.32. The molecule has 1 saturated carbocycles. The lowest BCUT2D eigenvalue weighted by Crippen LogP contribution is -2.16. The van der Waals surface area contributed by atoms with Crippen LogP contribution in [-0.2, 0) is 4.74 Å². The van der Waals surface area contributed by atoms with Gasteiger partial charge < -0.3 is 15.2 Å². The van der Waals surface area contributed by atoms with Crippen molar-refractivity contribution in [2.24, 2.45) is 5.92 Å². The summed E-state index contributed by atoms with van der Waals surface area (Å²) in [5, 5.41) is 0. The Kier molecular flexibility index (Phi) is 4.07. The second-order valence-electron chi connectivity index (χ2n) is 4.64. The number of carbonyl (C=O) groups excluding carboxylic acids is 1. The quantitative estimate of drug-likeness (QED) is 0.643. The van der Waals surface area contributed by atoms with Crippen LogP contribution >= 0.6 is 0 Å². The lowest BCUT2D eigenvalue weighted by molar-refractivity contribution is 0.0465. The number of nitrogen functional groups attached to an aromatic ring is 1. The van der Waals surface area contributed by atoms with E-state index in [1.165, 1.54) is 26.4 Å². The van der Waals surface area contributed by atoms with Crippen molar-refractivity contribution in [1.29, 1.82) is 0 Å². The highest BCUT2D eigenvalue weighted by atomic mass is 16.5. The van der Waals surface area contributed by atoms with Gasteiger partial charge in [0, 0.05) is 0 Å². The van der Waals surface area contributed by atoms with Crippen molar-refractivity contribution < 1.29 is 14.3 Å². The van der Waals surface area contributed by atoms with Gasteiger partial charge in [0.25, 0.3) is 0 Å². The van der Waals surface area contributed by atoms with E-state index in [1.54, 1.807) is 18.2 Å². The van der Waals surface area contributed by atoms with E-state index >= 15 is 0 Å². The Labute approximate surface area is 107 Å². The summed E-state index contributed by atoms with van der Waals surface area (Å²) in [6.07, 6.45) is 4.79. The first-order valence-electron chi connectivity index (χ1n) is 6.32. The third kappa shape index (κ3) is 2.75.